The van der Waals surface area contributed by atoms with E-state index in [2.05, 4.69) is 46.4 Å². The Morgan fingerprint density at radius 1 is 0.975 bits per heavy atom. The largest absolute Gasteiger partial charge is 0.456 e. The van der Waals surface area contributed by atoms with E-state index in [0.29, 0.717) is 11.7 Å². The Kier molecular flexibility index (Phi) is 6.56. The number of nitrogens with zero attached hydrogens (tertiary/aromatic N) is 3. The molecular formula is C33H35N5O2. The molecular weight excluding hydrogens is 498 g/mol. The van der Waals surface area contributed by atoms with Crippen molar-refractivity contribution in [3.8, 4) is 22.6 Å². The number of para-hydroxylation sites is 1. The quantitative estimate of drug-likeness (QED) is 0.220. The Hall–Kier alpha value is -4.20. The van der Waals surface area contributed by atoms with E-state index < -0.39 is 5.60 Å². The molecule has 0 unspecified atom stereocenters. The average molecular weight is 534 g/mol. The van der Waals surface area contributed by atoms with Crippen LogP contribution < -0.4 is 16.0 Å². The minimum Gasteiger partial charge on any atom is -0.456 e. The van der Waals surface area contributed by atoms with E-state index in [-0.39, 0.29) is 5.54 Å². The van der Waals surface area contributed by atoms with Gasteiger partial charge >= 0.3 is 0 Å². The van der Waals surface area contributed by atoms with Crippen LogP contribution in [0.4, 0.5) is 17.3 Å². The molecule has 2 aromatic heterocycles. The maximum atomic E-state index is 10.7. The van der Waals surface area contributed by atoms with Gasteiger partial charge in [-0.3, -0.25) is 0 Å². The van der Waals surface area contributed by atoms with Gasteiger partial charge in [0.1, 0.15) is 11.3 Å². The molecule has 7 heteroatoms. The summed E-state index contributed by atoms with van der Waals surface area (Å²) in [6, 6.07) is 26.1. The number of aromatic nitrogens is 2. The molecule has 3 heterocycles. The van der Waals surface area contributed by atoms with Gasteiger partial charge in [-0.05, 0) is 81.6 Å². The summed E-state index contributed by atoms with van der Waals surface area (Å²) in [4.78, 5) is 12.0. The van der Waals surface area contributed by atoms with E-state index in [1.54, 1.807) is 20.0 Å². The molecule has 1 aliphatic heterocycles. The van der Waals surface area contributed by atoms with Crippen LogP contribution in [0.25, 0.3) is 33.6 Å². The van der Waals surface area contributed by atoms with Crippen molar-refractivity contribution in [2.45, 2.75) is 44.8 Å². The molecule has 0 radical (unpaired) electrons. The third-order valence-corrected chi connectivity index (χ3v) is 7.72. The van der Waals surface area contributed by atoms with Crippen molar-refractivity contribution in [1.82, 2.24) is 9.97 Å². The van der Waals surface area contributed by atoms with E-state index in [4.69, 9.17) is 15.1 Å². The monoisotopic (exact) mass is 533 g/mol. The van der Waals surface area contributed by atoms with Crippen molar-refractivity contribution in [1.29, 1.82) is 0 Å². The van der Waals surface area contributed by atoms with Crippen molar-refractivity contribution in [3.63, 3.8) is 0 Å². The van der Waals surface area contributed by atoms with Gasteiger partial charge in [0.05, 0.1) is 16.9 Å². The maximum absolute atomic E-state index is 10.7. The van der Waals surface area contributed by atoms with Gasteiger partial charge in [0.15, 0.2) is 0 Å². The Morgan fingerprint density at radius 3 is 2.45 bits per heavy atom. The lowest BCUT2D eigenvalue weighted by Gasteiger charge is -2.38. The Balaban J connectivity index is 1.33. The molecule has 7 nitrogen and oxygen atoms in total. The minimum absolute atomic E-state index is 0.0754. The van der Waals surface area contributed by atoms with E-state index >= 15 is 0 Å². The first-order valence-corrected chi connectivity index (χ1v) is 13.7. The number of hydrogen-bond acceptors (Lipinski definition) is 7. The van der Waals surface area contributed by atoms with Crippen molar-refractivity contribution in [2.24, 2.45) is 5.73 Å². The van der Waals surface area contributed by atoms with Gasteiger partial charge in [-0.25, -0.2) is 9.97 Å². The molecule has 1 fully saturated rings. The minimum atomic E-state index is -0.984. The smallest absolute Gasteiger partial charge is 0.227 e. The molecule has 0 amide bonds. The summed E-state index contributed by atoms with van der Waals surface area (Å²) in [6.07, 6.45) is 3.76. The highest BCUT2D eigenvalue weighted by Crippen LogP contribution is 2.36. The Morgan fingerprint density at radius 2 is 1.73 bits per heavy atom. The predicted molar refractivity (Wildman–Crippen MR) is 162 cm³/mol. The Labute approximate surface area is 234 Å². The second kappa shape index (κ2) is 10.1. The van der Waals surface area contributed by atoms with Crippen molar-refractivity contribution >= 4 is 28.3 Å². The molecule has 0 saturated carbocycles. The van der Waals surface area contributed by atoms with Crippen LogP contribution in [0, 0.1) is 0 Å². The molecule has 6 rings (SSSR count). The highest BCUT2D eigenvalue weighted by Gasteiger charge is 2.26. The van der Waals surface area contributed by atoms with Crippen LogP contribution in [0.5, 0.6) is 0 Å². The van der Waals surface area contributed by atoms with Crippen LogP contribution in [0.3, 0.4) is 0 Å². The number of rotatable bonds is 6. The highest BCUT2D eigenvalue weighted by molar-refractivity contribution is 5.87. The van der Waals surface area contributed by atoms with Crippen molar-refractivity contribution in [2.75, 3.05) is 23.3 Å². The van der Waals surface area contributed by atoms with Gasteiger partial charge in [-0.15, -0.1) is 0 Å². The van der Waals surface area contributed by atoms with Gasteiger partial charge in [0.25, 0.3) is 0 Å². The van der Waals surface area contributed by atoms with E-state index in [1.807, 2.05) is 54.6 Å². The second-order valence-electron chi connectivity index (χ2n) is 11.6. The number of aliphatic hydroxyl groups is 1. The summed E-state index contributed by atoms with van der Waals surface area (Å²) < 4.78 is 6.19. The molecule has 3 aromatic carbocycles. The van der Waals surface area contributed by atoms with E-state index in [0.717, 1.165) is 65.0 Å². The van der Waals surface area contributed by atoms with Gasteiger partial charge < -0.3 is 25.5 Å². The topological polar surface area (TPSA) is 100 Å². The molecule has 4 N–H and O–H groups in total. The zero-order valence-electron chi connectivity index (χ0n) is 23.2. The molecule has 5 aromatic rings. The first-order chi connectivity index (χ1) is 19.1. The number of nitrogens with one attached hydrogen (secondary N) is 1. The number of nitrogens with two attached hydrogens (primary N) is 1. The highest BCUT2D eigenvalue weighted by atomic mass is 16.3. The van der Waals surface area contributed by atoms with Crippen LogP contribution in [-0.2, 0) is 5.60 Å². The first-order valence-electron chi connectivity index (χ1n) is 13.7. The molecule has 0 aliphatic carbocycles. The van der Waals surface area contributed by atoms with Gasteiger partial charge in [0, 0.05) is 47.1 Å². The zero-order chi connectivity index (χ0) is 27.9. The lowest BCUT2D eigenvalue weighted by atomic mass is 9.91. The SMILES string of the molecule is CC1(N)CCN(c2ccc(Nc3ncc(-c4cc5ccccc5o4)c(-c4cccc(C(C)(C)O)c4)n3)cc2)CC1. The number of piperidine rings is 1. The Bertz CT molecular complexity index is 1610. The lowest BCUT2D eigenvalue weighted by Crippen LogP contribution is -2.48. The fourth-order valence-corrected chi connectivity index (χ4v) is 5.16. The van der Waals surface area contributed by atoms with E-state index in [9.17, 15) is 5.11 Å². The maximum Gasteiger partial charge on any atom is 0.227 e. The number of benzene rings is 3. The predicted octanol–water partition coefficient (Wildman–Crippen LogP) is 6.85. The van der Waals surface area contributed by atoms with Crippen LogP contribution in [-0.4, -0.2) is 33.7 Å². The fourth-order valence-electron chi connectivity index (χ4n) is 5.16. The van der Waals surface area contributed by atoms with Gasteiger partial charge in [-0.1, -0.05) is 36.4 Å². The molecule has 0 bridgehead atoms. The summed E-state index contributed by atoms with van der Waals surface area (Å²) in [5.74, 6) is 1.17. The average Bonchev–Trinajstić information content (AvgIpc) is 3.37. The van der Waals surface area contributed by atoms with Crippen LogP contribution >= 0.6 is 0 Å². The summed E-state index contributed by atoms with van der Waals surface area (Å²) in [5, 5.41) is 15.0. The molecule has 1 saturated heterocycles. The van der Waals surface area contributed by atoms with Gasteiger partial charge in [0.2, 0.25) is 5.95 Å². The summed E-state index contributed by atoms with van der Waals surface area (Å²) >= 11 is 0. The molecule has 0 atom stereocenters. The van der Waals surface area contributed by atoms with Crippen LogP contribution in [0.2, 0.25) is 0 Å². The standard InChI is InChI=1S/C33H35N5O2/c1-32(2,39)24-9-6-8-23(19-24)30-27(29-20-22-7-4-5-10-28(22)40-29)21-35-31(37-30)36-25-11-13-26(14-12-25)38-17-15-33(3,34)16-18-38/h4-14,19-21,39H,15-18,34H2,1-3H3,(H,35,36,37). The first kappa shape index (κ1) is 26.0. The molecule has 0 spiro atoms. The molecule has 204 valence electrons. The van der Waals surface area contributed by atoms with Gasteiger partial charge in [-0.2, -0.15) is 0 Å². The third-order valence-electron chi connectivity index (χ3n) is 7.72. The van der Waals surface area contributed by atoms with Crippen LogP contribution in [0.15, 0.2) is 89.5 Å². The molecule has 40 heavy (non-hydrogen) atoms. The number of fused-ring (bicyclic) bond motifs is 1. The normalized spacial score (nSPS) is 15.4. The van der Waals surface area contributed by atoms with Crippen LogP contribution in [0.1, 0.15) is 39.2 Å². The third kappa shape index (κ3) is 5.43. The number of anilines is 3. The van der Waals surface area contributed by atoms with Crippen molar-refractivity contribution < 1.29 is 9.52 Å². The number of furan rings is 1. The second-order valence-corrected chi connectivity index (χ2v) is 11.6. The summed E-state index contributed by atoms with van der Waals surface area (Å²) in [5.41, 5.74) is 11.3. The van der Waals surface area contributed by atoms with Crippen molar-refractivity contribution in [3.05, 3.63) is 90.6 Å². The lowest BCUT2D eigenvalue weighted by molar-refractivity contribution is 0.0786. The fraction of sp³-hybridized carbons (Fsp3) is 0.273. The summed E-state index contributed by atoms with van der Waals surface area (Å²) in [7, 11) is 0. The number of hydrogen-bond donors (Lipinski definition) is 3. The summed E-state index contributed by atoms with van der Waals surface area (Å²) in [6.45, 7) is 7.60. The zero-order valence-corrected chi connectivity index (χ0v) is 23.2. The van der Waals surface area contributed by atoms with E-state index in [1.165, 1.54) is 5.69 Å². The molecule has 1 aliphatic rings.